The van der Waals surface area contributed by atoms with E-state index in [-0.39, 0.29) is 40.3 Å². The average Bonchev–Trinajstić information content (AvgIpc) is 3.77. The summed E-state index contributed by atoms with van der Waals surface area (Å²) in [5, 5.41) is 16.4. The number of aromatic nitrogens is 2. The number of likely N-dealkylation sites (N-methyl/N-ethyl adjacent to an activating group) is 1. The van der Waals surface area contributed by atoms with Crippen LogP contribution in [0.2, 0.25) is 0 Å². The van der Waals surface area contributed by atoms with Crippen molar-refractivity contribution in [2.24, 2.45) is 5.41 Å². The monoisotopic (exact) mass is 634 g/mol. The van der Waals surface area contributed by atoms with E-state index in [0.717, 1.165) is 70.3 Å². The highest BCUT2D eigenvalue weighted by molar-refractivity contribution is 6.05. The number of rotatable bonds is 6. The number of hydrogen-bond donors (Lipinski definition) is 2. The van der Waals surface area contributed by atoms with Crippen LogP contribution in [0.3, 0.4) is 0 Å². The molecule has 3 aromatic carbocycles. The molecule has 1 aromatic heterocycles. The Morgan fingerprint density at radius 2 is 1.96 bits per heavy atom. The molecule has 2 bridgehead atoms. The number of benzene rings is 3. The van der Waals surface area contributed by atoms with Crippen LogP contribution in [-0.4, -0.2) is 103 Å². The molecule has 242 valence electrons. The predicted molar refractivity (Wildman–Crippen MR) is 180 cm³/mol. The maximum Gasteiger partial charge on any atom is 0.319 e. The highest BCUT2D eigenvalue weighted by atomic mass is 19.1. The quantitative estimate of drug-likeness (QED) is 0.300. The van der Waals surface area contributed by atoms with Gasteiger partial charge in [0.25, 0.3) is 0 Å². The van der Waals surface area contributed by atoms with Crippen LogP contribution in [0.5, 0.6) is 17.5 Å². The molecule has 4 aliphatic heterocycles. The first-order chi connectivity index (χ1) is 22.9. The van der Waals surface area contributed by atoms with Crippen LogP contribution in [0.4, 0.5) is 10.2 Å². The molecule has 5 heterocycles. The lowest BCUT2D eigenvalue weighted by atomic mass is 9.93. The first kappa shape index (κ1) is 29.0. The van der Waals surface area contributed by atoms with Gasteiger partial charge in [-0.1, -0.05) is 18.1 Å². The fourth-order valence-electron chi connectivity index (χ4n) is 8.27. The standard InChI is InChI=1S/C37H39FN6O3/c1-3-22-5-4-6-23-15-25(45)16-26(31(22)23)27-17-30-32-34(33(27)38)40-36(47-21-37(9-10-37)20-43-13-11-42(2)12-14-43)41-35(32)44-18-24-7-8-28(39-24)29(44)19-46-30/h1,4-6,15-17,24,28-29,39,45H,7-14,18-21H2,2H3/t24-,28+,29-/m1/s1. The van der Waals surface area contributed by atoms with E-state index in [2.05, 4.69) is 33.0 Å². The Bertz CT molecular complexity index is 1950. The van der Waals surface area contributed by atoms with Gasteiger partial charge in [0.1, 0.15) is 29.4 Å². The smallest absolute Gasteiger partial charge is 0.319 e. The molecule has 0 spiro atoms. The van der Waals surface area contributed by atoms with Gasteiger partial charge in [0, 0.05) is 73.3 Å². The first-order valence-corrected chi connectivity index (χ1v) is 16.8. The van der Waals surface area contributed by atoms with Gasteiger partial charge in [0.05, 0.1) is 18.0 Å². The van der Waals surface area contributed by atoms with Crippen molar-refractivity contribution < 1.29 is 19.0 Å². The van der Waals surface area contributed by atoms with Gasteiger partial charge < -0.3 is 34.6 Å². The van der Waals surface area contributed by atoms with E-state index in [9.17, 15) is 5.11 Å². The van der Waals surface area contributed by atoms with Gasteiger partial charge >= 0.3 is 6.01 Å². The molecule has 0 radical (unpaired) electrons. The van der Waals surface area contributed by atoms with Crippen LogP contribution < -0.4 is 19.7 Å². The summed E-state index contributed by atoms with van der Waals surface area (Å²) in [7, 11) is 2.17. The summed E-state index contributed by atoms with van der Waals surface area (Å²) in [6.07, 6.45) is 10.3. The van der Waals surface area contributed by atoms with Gasteiger partial charge in [-0.3, -0.25) is 0 Å². The zero-order valence-electron chi connectivity index (χ0n) is 26.6. The Balaban J connectivity index is 1.17. The van der Waals surface area contributed by atoms with Crippen LogP contribution in [0, 0.1) is 23.6 Å². The summed E-state index contributed by atoms with van der Waals surface area (Å²) >= 11 is 0. The molecule has 4 fully saturated rings. The van der Waals surface area contributed by atoms with E-state index in [4.69, 9.17) is 25.9 Å². The third-order valence-corrected chi connectivity index (χ3v) is 11.1. The number of phenols is 1. The van der Waals surface area contributed by atoms with E-state index < -0.39 is 5.82 Å². The molecule has 0 unspecified atom stereocenters. The number of fused-ring (bicyclic) bond motifs is 6. The van der Waals surface area contributed by atoms with E-state index >= 15 is 4.39 Å². The Kier molecular flexibility index (Phi) is 6.75. The summed E-state index contributed by atoms with van der Waals surface area (Å²) in [6.45, 7) is 6.94. The first-order valence-electron chi connectivity index (χ1n) is 16.8. The van der Waals surface area contributed by atoms with E-state index in [1.165, 1.54) is 0 Å². The van der Waals surface area contributed by atoms with Crippen LogP contribution in [0.15, 0.2) is 36.4 Å². The molecule has 1 aliphatic carbocycles. The minimum absolute atomic E-state index is 0.0228. The summed E-state index contributed by atoms with van der Waals surface area (Å²) < 4.78 is 30.1. The molecule has 9 nitrogen and oxygen atoms in total. The van der Waals surface area contributed by atoms with Crippen molar-refractivity contribution in [2.75, 3.05) is 64.4 Å². The minimum Gasteiger partial charge on any atom is -0.508 e. The molecule has 5 aliphatic rings. The topological polar surface area (TPSA) is 86.2 Å². The molecule has 4 aromatic rings. The summed E-state index contributed by atoms with van der Waals surface area (Å²) in [5.41, 5.74) is 1.59. The van der Waals surface area contributed by atoms with Gasteiger partial charge in [-0.05, 0) is 67.9 Å². The molecule has 3 atom stereocenters. The van der Waals surface area contributed by atoms with Crippen LogP contribution >= 0.6 is 0 Å². The van der Waals surface area contributed by atoms with Crippen LogP contribution in [-0.2, 0) is 0 Å². The van der Waals surface area contributed by atoms with Crippen molar-refractivity contribution in [3.05, 3.63) is 47.8 Å². The van der Waals surface area contributed by atoms with Crippen molar-refractivity contribution >= 4 is 27.5 Å². The normalized spacial score (nSPS) is 24.9. The van der Waals surface area contributed by atoms with E-state index in [1.807, 2.05) is 18.2 Å². The van der Waals surface area contributed by atoms with Crippen molar-refractivity contribution in [1.29, 1.82) is 0 Å². The Labute approximate surface area is 273 Å². The number of phenolic OH excluding ortho intramolecular Hbond substituents is 1. The van der Waals surface area contributed by atoms with Crippen molar-refractivity contribution in [1.82, 2.24) is 25.1 Å². The Hall–Kier alpha value is -4.17. The molecule has 10 heteroatoms. The lowest BCUT2D eigenvalue weighted by Crippen LogP contribution is -2.60. The van der Waals surface area contributed by atoms with Gasteiger partial charge in [-0.25, -0.2) is 4.39 Å². The number of hydrogen-bond acceptors (Lipinski definition) is 9. The molecular weight excluding hydrogens is 595 g/mol. The van der Waals surface area contributed by atoms with E-state index in [1.54, 1.807) is 18.2 Å². The molecule has 1 saturated carbocycles. The molecule has 2 N–H and O–H groups in total. The zero-order valence-corrected chi connectivity index (χ0v) is 26.6. The molecule has 47 heavy (non-hydrogen) atoms. The third-order valence-electron chi connectivity index (χ3n) is 11.1. The summed E-state index contributed by atoms with van der Waals surface area (Å²) in [5.74, 6) is 3.43. The third kappa shape index (κ3) is 4.95. The number of piperazine rings is 2. The minimum atomic E-state index is -0.519. The number of anilines is 1. The van der Waals surface area contributed by atoms with Crippen LogP contribution in [0.25, 0.3) is 32.8 Å². The summed E-state index contributed by atoms with van der Waals surface area (Å²) in [4.78, 5) is 17.0. The zero-order chi connectivity index (χ0) is 31.9. The van der Waals surface area contributed by atoms with Crippen molar-refractivity contribution in [3.63, 3.8) is 0 Å². The molecule has 0 amide bonds. The van der Waals surface area contributed by atoms with Gasteiger partial charge in [0.2, 0.25) is 0 Å². The number of ether oxygens (including phenoxy) is 2. The second kappa shape index (κ2) is 10.9. The highest BCUT2D eigenvalue weighted by Gasteiger charge is 2.46. The Morgan fingerprint density at radius 3 is 2.77 bits per heavy atom. The van der Waals surface area contributed by atoms with Gasteiger partial charge in [-0.2, -0.15) is 9.97 Å². The number of terminal acetylenes is 1. The van der Waals surface area contributed by atoms with E-state index in [0.29, 0.717) is 52.7 Å². The van der Waals surface area contributed by atoms with Crippen LogP contribution in [0.1, 0.15) is 31.2 Å². The SMILES string of the molecule is C#Cc1cccc2cc(O)cc(-c3cc4c5c(nc(OCC6(CN7CCN(C)CC7)CC6)nc5c3F)N3C[C@H]5CC[C@H](N5)[C@H]3CO4)c12. The number of nitrogens with one attached hydrogen (secondary N) is 1. The highest BCUT2D eigenvalue weighted by Crippen LogP contribution is 2.48. The number of halogens is 1. The predicted octanol–water partition coefficient (Wildman–Crippen LogP) is 4.38. The molecule has 9 rings (SSSR count). The van der Waals surface area contributed by atoms with Gasteiger partial charge in [-0.15, -0.1) is 6.42 Å². The Morgan fingerprint density at radius 1 is 1.11 bits per heavy atom. The lowest BCUT2D eigenvalue weighted by molar-refractivity contribution is 0.107. The fourth-order valence-corrected chi connectivity index (χ4v) is 8.27. The average molecular weight is 635 g/mol. The number of aromatic hydroxyl groups is 1. The maximum atomic E-state index is 17.1. The second-order valence-corrected chi connectivity index (χ2v) is 14.3. The van der Waals surface area contributed by atoms with Crippen molar-refractivity contribution in [2.45, 2.75) is 43.8 Å². The lowest BCUT2D eigenvalue weighted by Gasteiger charge is -2.40. The molecule has 3 saturated heterocycles. The molecular formula is C37H39FN6O3. The fraction of sp³-hybridized carbons (Fsp3) is 0.459. The largest absolute Gasteiger partial charge is 0.508 e. The van der Waals surface area contributed by atoms with Gasteiger partial charge in [0.15, 0.2) is 5.82 Å². The maximum absolute atomic E-state index is 17.1. The number of nitrogens with zero attached hydrogens (tertiary/aromatic N) is 5. The second-order valence-electron chi connectivity index (χ2n) is 14.3. The summed E-state index contributed by atoms with van der Waals surface area (Å²) in [6, 6.07) is 11.3. The van der Waals surface area contributed by atoms with Crippen molar-refractivity contribution in [3.8, 4) is 41.0 Å².